The molecule has 3 aromatic carbocycles. The molecule has 0 saturated carbocycles. The van der Waals surface area contributed by atoms with Crippen LogP contribution in [0.3, 0.4) is 0 Å². The van der Waals surface area contributed by atoms with Gasteiger partial charge in [-0.2, -0.15) is 0 Å². The zero-order chi connectivity index (χ0) is 23.4. The molecule has 7 heteroatoms. The third kappa shape index (κ3) is 5.62. The lowest BCUT2D eigenvalue weighted by Crippen LogP contribution is -2.20. The number of aromatic nitrogens is 2. The van der Waals surface area contributed by atoms with E-state index in [0.717, 1.165) is 33.6 Å². The van der Waals surface area contributed by atoms with Crippen LogP contribution >= 0.6 is 11.3 Å². The number of benzene rings is 3. The Morgan fingerprint density at radius 1 is 1.00 bits per heavy atom. The van der Waals surface area contributed by atoms with Crippen LogP contribution in [0.1, 0.15) is 30.9 Å². The van der Waals surface area contributed by atoms with E-state index in [1.54, 1.807) is 6.07 Å². The van der Waals surface area contributed by atoms with E-state index in [-0.39, 0.29) is 18.3 Å². The fourth-order valence-electron chi connectivity index (χ4n) is 3.41. The molecule has 1 amide bonds. The molecule has 1 heterocycles. The van der Waals surface area contributed by atoms with Gasteiger partial charge in [-0.1, -0.05) is 73.7 Å². The van der Waals surface area contributed by atoms with Gasteiger partial charge in [-0.05, 0) is 53.3 Å². The molecule has 0 spiro atoms. The number of rotatable bonds is 7. The van der Waals surface area contributed by atoms with Gasteiger partial charge in [-0.3, -0.25) is 10.1 Å². The van der Waals surface area contributed by atoms with Crippen molar-refractivity contribution in [1.82, 2.24) is 10.2 Å². The number of amides is 1. The van der Waals surface area contributed by atoms with E-state index < -0.39 is 0 Å². The fraction of sp³-hybridized carbons (Fsp3) is 0.192. The number of nitrogens with zero attached hydrogens (tertiary/aromatic N) is 2. The molecule has 0 aliphatic rings. The molecule has 0 atom stereocenters. The maximum atomic E-state index is 13.5. The number of carbonyl (C=O) groups is 1. The van der Waals surface area contributed by atoms with Crippen molar-refractivity contribution in [3.8, 4) is 27.4 Å². The molecule has 4 aromatic rings. The second kappa shape index (κ2) is 9.92. The molecule has 5 nitrogen and oxygen atoms in total. The van der Waals surface area contributed by atoms with Crippen molar-refractivity contribution in [2.24, 2.45) is 0 Å². The molecule has 4 rings (SSSR count). The third-order valence-corrected chi connectivity index (χ3v) is 6.00. The summed E-state index contributed by atoms with van der Waals surface area (Å²) in [5.74, 6) is 0.446. The maximum Gasteiger partial charge on any atom is 0.264 e. The summed E-state index contributed by atoms with van der Waals surface area (Å²) in [7, 11) is 0. The first kappa shape index (κ1) is 22.6. The molecular weight excluding hydrogens is 437 g/mol. The summed E-state index contributed by atoms with van der Waals surface area (Å²) in [6.07, 6.45) is 0. The predicted molar refractivity (Wildman–Crippen MR) is 130 cm³/mol. The summed E-state index contributed by atoms with van der Waals surface area (Å²) < 4.78 is 19.3. The van der Waals surface area contributed by atoms with Crippen LogP contribution in [-0.2, 0) is 4.79 Å². The average molecular weight is 462 g/mol. The normalized spacial score (nSPS) is 10.9. The highest BCUT2D eigenvalue weighted by molar-refractivity contribution is 7.18. The standard InChI is InChI=1S/C26H24FN3O2S/c1-16(2)22-12-7-17(3)13-23(22)32-15-24(31)28-26-30-29-25(33-26)19-10-8-18(9-11-19)20-5-4-6-21(27)14-20/h4-14,16H,15H2,1-3H3,(H,28,30,31). The van der Waals surface area contributed by atoms with E-state index in [1.165, 1.54) is 23.5 Å². The molecule has 168 valence electrons. The molecule has 0 radical (unpaired) electrons. The largest absolute Gasteiger partial charge is 0.483 e. The smallest absolute Gasteiger partial charge is 0.264 e. The summed E-state index contributed by atoms with van der Waals surface area (Å²) in [4.78, 5) is 12.4. The second-order valence-corrected chi connectivity index (χ2v) is 9.01. The van der Waals surface area contributed by atoms with Crippen LogP contribution in [0.25, 0.3) is 21.7 Å². The van der Waals surface area contributed by atoms with E-state index in [1.807, 2.05) is 55.5 Å². The van der Waals surface area contributed by atoms with Gasteiger partial charge < -0.3 is 4.74 Å². The summed E-state index contributed by atoms with van der Waals surface area (Å²) in [5, 5.41) is 12.1. The van der Waals surface area contributed by atoms with Crippen LogP contribution < -0.4 is 10.1 Å². The zero-order valence-corrected chi connectivity index (χ0v) is 19.4. The molecule has 0 fully saturated rings. The van der Waals surface area contributed by atoms with Crippen molar-refractivity contribution in [1.29, 1.82) is 0 Å². The molecular formula is C26H24FN3O2S. The molecule has 1 N–H and O–H groups in total. The molecule has 0 unspecified atom stereocenters. The van der Waals surface area contributed by atoms with Gasteiger partial charge in [0, 0.05) is 5.56 Å². The van der Waals surface area contributed by atoms with Crippen molar-refractivity contribution < 1.29 is 13.9 Å². The predicted octanol–water partition coefficient (Wildman–Crippen LogP) is 6.46. The molecule has 0 aliphatic heterocycles. The van der Waals surface area contributed by atoms with Crippen LogP contribution in [-0.4, -0.2) is 22.7 Å². The highest BCUT2D eigenvalue weighted by atomic mass is 32.1. The Morgan fingerprint density at radius 3 is 2.48 bits per heavy atom. The summed E-state index contributed by atoms with van der Waals surface area (Å²) in [6, 6.07) is 20.1. The molecule has 1 aromatic heterocycles. The van der Waals surface area contributed by atoms with Gasteiger partial charge in [-0.25, -0.2) is 4.39 Å². The topological polar surface area (TPSA) is 64.1 Å². The number of nitrogens with one attached hydrogen (secondary N) is 1. The number of anilines is 1. The van der Waals surface area contributed by atoms with Crippen molar-refractivity contribution in [3.63, 3.8) is 0 Å². The van der Waals surface area contributed by atoms with E-state index in [4.69, 9.17) is 4.74 Å². The Labute approximate surface area is 196 Å². The second-order valence-electron chi connectivity index (χ2n) is 8.03. The highest BCUT2D eigenvalue weighted by Crippen LogP contribution is 2.30. The summed E-state index contributed by atoms with van der Waals surface area (Å²) >= 11 is 1.28. The van der Waals surface area contributed by atoms with Crippen molar-refractivity contribution in [2.75, 3.05) is 11.9 Å². The quantitative estimate of drug-likeness (QED) is 0.343. The van der Waals surface area contributed by atoms with E-state index in [0.29, 0.717) is 16.1 Å². The highest BCUT2D eigenvalue weighted by Gasteiger charge is 2.13. The Kier molecular flexibility index (Phi) is 6.79. The number of hydrogen-bond donors (Lipinski definition) is 1. The SMILES string of the molecule is Cc1ccc(C(C)C)c(OCC(=O)Nc2nnc(-c3ccc(-c4cccc(F)c4)cc3)s2)c1. The van der Waals surface area contributed by atoms with Gasteiger partial charge in [-0.15, -0.1) is 10.2 Å². The minimum absolute atomic E-state index is 0.111. The number of halogens is 1. The van der Waals surface area contributed by atoms with Crippen molar-refractivity contribution in [3.05, 3.63) is 83.7 Å². The van der Waals surface area contributed by atoms with Crippen LogP contribution in [0.15, 0.2) is 66.7 Å². The molecule has 0 aliphatic carbocycles. The first-order valence-electron chi connectivity index (χ1n) is 10.6. The van der Waals surface area contributed by atoms with E-state index >= 15 is 0 Å². The number of aryl methyl sites for hydroxylation is 1. The molecule has 0 saturated heterocycles. The number of hydrogen-bond acceptors (Lipinski definition) is 5. The van der Waals surface area contributed by atoms with Crippen LogP contribution in [0.4, 0.5) is 9.52 Å². The van der Waals surface area contributed by atoms with Crippen molar-refractivity contribution in [2.45, 2.75) is 26.7 Å². The Bertz CT molecular complexity index is 1270. The van der Waals surface area contributed by atoms with Gasteiger partial charge >= 0.3 is 0 Å². The third-order valence-electron chi connectivity index (χ3n) is 5.11. The number of ether oxygens (including phenoxy) is 1. The summed E-state index contributed by atoms with van der Waals surface area (Å²) in [5.41, 5.74) is 4.72. The van der Waals surface area contributed by atoms with Crippen molar-refractivity contribution >= 4 is 22.4 Å². The molecule has 0 bridgehead atoms. The Hall–Kier alpha value is -3.58. The maximum absolute atomic E-state index is 13.5. The van der Waals surface area contributed by atoms with E-state index in [9.17, 15) is 9.18 Å². The van der Waals surface area contributed by atoms with Gasteiger partial charge in [0.05, 0.1) is 0 Å². The van der Waals surface area contributed by atoms with Gasteiger partial charge in [0.2, 0.25) is 5.13 Å². The minimum atomic E-state index is -0.296. The van der Waals surface area contributed by atoms with Gasteiger partial charge in [0.15, 0.2) is 6.61 Å². The Balaban J connectivity index is 1.39. The number of carbonyl (C=O) groups excluding carboxylic acids is 1. The zero-order valence-electron chi connectivity index (χ0n) is 18.6. The minimum Gasteiger partial charge on any atom is -0.483 e. The lowest BCUT2D eigenvalue weighted by atomic mass is 10.0. The van der Waals surface area contributed by atoms with E-state index in [2.05, 4.69) is 29.4 Å². The first-order chi connectivity index (χ1) is 15.9. The summed E-state index contributed by atoms with van der Waals surface area (Å²) in [6.45, 7) is 6.06. The van der Waals surface area contributed by atoms with Gasteiger partial charge in [0.25, 0.3) is 5.91 Å². The monoisotopic (exact) mass is 461 g/mol. The Morgan fingerprint density at radius 2 is 1.76 bits per heavy atom. The lowest BCUT2D eigenvalue weighted by Gasteiger charge is -2.14. The average Bonchev–Trinajstić information content (AvgIpc) is 3.26. The van der Waals surface area contributed by atoms with Crippen LogP contribution in [0.2, 0.25) is 0 Å². The van der Waals surface area contributed by atoms with Crippen LogP contribution in [0.5, 0.6) is 5.75 Å². The first-order valence-corrected chi connectivity index (χ1v) is 11.4. The fourth-order valence-corrected chi connectivity index (χ4v) is 4.17. The lowest BCUT2D eigenvalue weighted by molar-refractivity contribution is -0.118. The van der Waals surface area contributed by atoms with Crippen LogP contribution in [0, 0.1) is 12.7 Å². The van der Waals surface area contributed by atoms with Gasteiger partial charge in [0.1, 0.15) is 16.6 Å². The molecule has 33 heavy (non-hydrogen) atoms.